The van der Waals surface area contributed by atoms with E-state index in [1.807, 2.05) is 0 Å². The smallest absolute Gasteiger partial charge is 0.416 e. The Morgan fingerprint density at radius 2 is 1.97 bits per heavy atom. The first-order chi connectivity index (χ1) is 14.7. The van der Waals surface area contributed by atoms with Gasteiger partial charge in [0.2, 0.25) is 5.91 Å². The van der Waals surface area contributed by atoms with Gasteiger partial charge in [0.15, 0.2) is 11.0 Å². The summed E-state index contributed by atoms with van der Waals surface area (Å²) in [6.07, 6.45) is -3.85. The van der Waals surface area contributed by atoms with Crippen LogP contribution in [0.25, 0.3) is 22.3 Å². The summed E-state index contributed by atoms with van der Waals surface area (Å²) in [5.74, 6) is -0.186. The second-order valence-electron chi connectivity index (χ2n) is 6.71. The van der Waals surface area contributed by atoms with Gasteiger partial charge in [0.25, 0.3) is 0 Å². The molecule has 0 aliphatic rings. The topological polar surface area (TPSA) is 68.5 Å². The predicted molar refractivity (Wildman–Crippen MR) is 111 cm³/mol. The van der Waals surface area contributed by atoms with Crippen molar-refractivity contribution < 1.29 is 27.1 Å². The van der Waals surface area contributed by atoms with Crippen LogP contribution in [0, 0.1) is 0 Å². The highest BCUT2D eigenvalue weighted by molar-refractivity contribution is 6.34. The number of carbonyl (C=O) groups excluding carboxylic acids is 1. The van der Waals surface area contributed by atoms with Crippen molar-refractivity contribution >= 4 is 28.5 Å². The number of ether oxygens (including phenoxy) is 1. The highest BCUT2D eigenvalue weighted by Crippen LogP contribution is 2.38. The largest absolute Gasteiger partial charge is 0.493 e. The van der Waals surface area contributed by atoms with Crippen LogP contribution in [0.3, 0.4) is 0 Å². The number of halogens is 4. The monoisotopic (exact) mass is 453 g/mol. The fourth-order valence-corrected chi connectivity index (χ4v) is 3.12. The minimum atomic E-state index is -4.57. The predicted octanol–water partition coefficient (Wildman–Crippen LogP) is 5.43. The van der Waals surface area contributed by atoms with Gasteiger partial charge in [0.1, 0.15) is 11.5 Å². The number of amides is 1. The summed E-state index contributed by atoms with van der Waals surface area (Å²) in [5, 5.41) is 3.13. The molecular weight excluding hydrogens is 435 g/mol. The first-order valence-corrected chi connectivity index (χ1v) is 9.92. The summed E-state index contributed by atoms with van der Waals surface area (Å²) in [6.45, 7) is 2.09. The zero-order valence-corrected chi connectivity index (χ0v) is 17.3. The molecule has 0 saturated heterocycles. The molecule has 9 heteroatoms. The van der Waals surface area contributed by atoms with Gasteiger partial charge in [-0.05, 0) is 36.8 Å². The van der Waals surface area contributed by atoms with E-state index in [-0.39, 0.29) is 51.0 Å². The van der Waals surface area contributed by atoms with E-state index in [0.717, 1.165) is 12.1 Å². The van der Waals surface area contributed by atoms with Gasteiger partial charge < -0.3 is 14.5 Å². The summed E-state index contributed by atoms with van der Waals surface area (Å²) in [5.41, 5.74) is -0.956. The second kappa shape index (κ2) is 9.43. The molecule has 0 atom stereocenters. The molecule has 0 bridgehead atoms. The standard InChI is InChI=1S/C22H19ClF3NO4/c1-2-20(29)27-9-4-10-30-18-11-13(22(24,25)26)7-8-15(18)19-12-17(28)14-5-3-6-16(23)21(14)31-19/h3,5-8,11-12H,2,4,9-10H2,1H3,(H,27,29). The molecule has 5 nitrogen and oxygen atoms in total. The highest BCUT2D eigenvalue weighted by Gasteiger charge is 2.31. The summed E-state index contributed by atoms with van der Waals surface area (Å²) < 4.78 is 50.9. The number of fused-ring (bicyclic) bond motifs is 1. The average Bonchev–Trinajstić information content (AvgIpc) is 2.73. The Labute approximate surface area is 180 Å². The lowest BCUT2D eigenvalue weighted by Gasteiger charge is -2.15. The van der Waals surface area contributed by atoms with Gasteiger partial charge in [0, 0.05) is 19.0 Å². The van der Waals surface area contributed by atoms with E-state index in [1.54, 1.807) is 25.1 Å². The maximum absolute atomic E-state index is 13.2. The minimum absolute atomic E-state index is 0.0358. The summed E-state index contributed by atoms with van der Waals surface area (Å²) in [6, 6.07) is 8.83. The van der Waals surface area contributed by atoms with Crippen molar-refractivity contribution in [1.29, 1.82) is 0 Å². The molecule has 0 saturated carbocycles. The van der Waals surface area contributed by atoms with Crippen molar-refractivity contribution in [2.45, 2.75) is 25.9 Å². The number of hydrogen-bond acceptors (Lipinski definition) is 4. The van der Waals surface area contributed by atoms with Gasteiger partial charge in [-0.1, -0.05) is 24.6 Å². The van der Waals surface area contributed by atoms with Gasteiger partial charge in [-0.15, -0.1) is 0 Å². The van der Waals surface area contributed by atoms with Gasteiger partial charge in [-0.2, -0.15) is 13.2 Å². The number of benzene rings is 2. The van der Waals surface area contributed by atoms with E-state index >= 15 is 0 Å². The molecule has 0 unspecified atom stereocenters. The third kappa shape index (κ3) is 5.38. The Morgan fingerprint density at radius 3 is 2.68 bits per heavy atom. The lowest BCUT2D eigenvalue weighted by molar-refractivity contribution is -0.137. The van der Waals surface area contributed by atoms with Crippen molar-refractivity contribution in [3.8, 4) is 17.1 Å². The number of nitrogens with one attached hydrogen (secondary N) is 1. The van der Waals surface area contributed by atoms with E-state index in [1.165, 1.54) is 12.1 Å². The molecule has 3 aromatic rings. The molecule has 0 radical (unpaired) electrons. The second-order valence-corrected chi connectivity index (χ2v) is 7.11. The fourth-order valence-electron chi connectivity index (χ4n) is 2.90. The quantitative estimate of drug-likeness (QED) is 0.484. The normalized spacial score (nSPS) is 11.5. The molecule has 0 fully saturated rings. The summed E-state index contributed by atoms with van der Waals surface area (Å²) >= 11 is 6.12. The lowest BCUT2D eigenvalue weighted by atomic mass is 10.1. The molecule has 2 aromatic carbocycles. The van der Waals surface area contributed by atoms with E-state index in [0.29, 0.717) is 19.4 Å². The Bertz CT molecular complexity index is 1160. The van der Waals surface area contributed by atoms with Gasteiger partial charge >= 0.3 is 6.18 Å². The van der Waals surface area contributed by atoms with Crippen LogP contribution in [0.1, 0.15) is 25.3 Å². The van der Waals surface area contributed by atoms with Gasteiger partial charge in [-0.3, -0.25) is 9.59 Å². The molecule has 1 aromatic heterocycles. The van der Waals surface area contributed by atoms with E-state index in [9.17, 15) is 22.8 Å². The molecule has 0 spiro atoms. The first-order valence-electron chi connectivity index (χ1n) is 9.54. The molecule has 1 amide bonds. The molecule has 0 aliphatic carbocycles. The van der Waals surface area contributed by atoms with Crippen molar-refractivity contribution in [3.63, 3.8) is 0 Å². The van der Waals surface area contributed by atoms with Gasteiger partial charge in [0.05, 0.1) is 28.1 Å². The van der Waals surface area contributed by atoms with Crippen LogP contribution in [0.2, 0.25) is 5.02 Å². The van der Waals surface area contributed by atoms with Crippen LogP contribution >= 0.6 is 11.6 Å². The number of para-hydroxylation sites is 1. The van der Waals surface area contributed by atoms with Crippen LogP contribution in [0.5, 0.6) is 5.75 Å². The van der Waals surface area contributed by atoms with Crippen LogP contribution < -0.4 is 15.5 Å². The van der Waals surface area contributed by atoms with Crippen molar-refractivity contribution in [1.82, 2.24) is 5.32 Å². The van der Waals surface area contributed by atoms with Crippen molar-refractivity contribution in [3.05, 3.63) is 63.3 Å². The van der Waals surface area contributed by atoms with Crippen LogP contribution in [-0.4, -0.2) is 19.1 Å². The van der Waals surface area contributed by atoms with Crippen molar-refractivity contribution in [2.75, 3.05) is 13.2 Å². The minimum Gasteiger partial charge on any atom is -0.493 e. The molecule has 31 heavy (non-hydrogen) atoms. The number of rotatable bonds is 7. The third-order valence-electron chi connectivity index (χ3n) is 4.50. The maximum Gasteiger partial charge on any atom is 0.416 e. The molecule has 0 aliphatic heterocycles. The van der Waals surface area contributed by atoms with E-state index < -0.39 is 11.7 Å². The Morgan fingerprint density at radius 1 is 1.19 bits per heavy atom. The molecular formula is C22H19ClF3NO4. The fraction of sp³-hybridized carbons (Fsp3) is 0.273. The highest BCUT2D eigenvalue weighted by atomic mass is 35.5. The van der Waals surface area contributed by atoms with E-state index in [4.69, 9.17) is 20.8 Å². The van der Waals surface area contributed by atoms with Gasteiger partial charge in [-0.25, -0.2) is 0 Å². The van der Waals surface area contributed by atoms with Crippen molar-refractivity contribution in [2.24, 2.45) is 0 Å². The molecule has 1 heterocycles. The zero-order valence-electron chi connectivity index (χ0n) is 16.5. The average molecular weight is 454 g/mol. The van der Waals surface area contributed by atoms with Crippen LogP contribution in [0.15, 0.2) is 51.7 Å². The number of hydrogen-bond donors (Lipinski definition) is 1. The SMILES string of the molecule is CCC(=O)NCCCOc1cc(C(F)(F)F)ccc1-c1cc(=O)c2cccc(Cl)c2o1. The summed E-state index contributed by atoms with van der Waals surface area (Å²) in [7, 11) is 0. The van der Waals surface area contributed by atoms with Crippen LogP contribution in [0.4, 0.5) is 13.2 Å². The maximum atomic E-state index is 13.2. The lowest BCUT2D eigenvalue weighted by Crippen LogP contribution is -2.24. The van der Waals surface area contributed by atoms with E-state index in [2.05, 4.69) is 5.32 Å². The third-order valence-corrected chi connectivity index (χ3v) is 4.80. The Hall–Kier alpha value is -3.00. The molecule has 1 N–H and O–H groups in total. The number of alkyl halides is 3. The molecule has 3 rings (SSSR count). The summed E-state index contributed by atoms with van der Waals surface area (Å²) in [4.78, 5) is 23.8. The Kier molecular flexibility index (Phi) is 6.90. The first kappa shape index (κ1) is 22.7. The zero-order chi connectivity index (χ0) is 22.6. The Balaban J connectivity index is 1.96. The molecule has 164 valence electrons. The van der Waals surface area contributed by atoms with Crippen LogP contribution in [-0.2, 0) is 11.0 Å². The number of carbonyl (C=O) groups is 1.